The summed E-state index contributed by atoms with van der Waals surface area (Å²) in [4.78, 5) is 37.4. The Kier molecular flexibility index (Phi) is 9.34. The Labute approximate surface area is 285 Å². The van der Waals surface area contributed by atoms with Gasteiger partial charge in [-0.3, -0.25) is 14.2 Å². The van der Waals surface area contributed by atoms with Crippen LogP contribution in [0.5, 0.6) is 0 Å². The largest absolute Gasteiger partial charge is 0.397 e. The molecule has 0 aliphatic carbocycles. The first-order chi connectivity index (χ1) is 22.6. The first-order valence-electron chi connectivity index (χ1n) is 15.2. The molecule has 1 fully saturated rings. The number of nitrogens with zero attached hydrogens (tertiary/aromatic N) is 6. The van der Waals surface area contributed by atoms with Gasteiger partial charge in [-0.25, -0.2) is 18.2 Å². The highest BCUT2D eigenvalue weighted by molar-refractivity contribution is 6.36. The van der Waals surface area contributed by atoms with E-state index in [1.807, 2.05) is 63.7 Å². The topological polar surface area (TPSA) is 111 Å². The second kappa shape index (κ2) is 12.9. The second-order valence-electron chi connectivity index (χ2n) is 12.5. The first kappa shape index (κ1) is 34.9. The molecule has 252 valence electrons. The van der Waals surface area contributed by atoms with E-state index in [4.69, 9.17) is 28.9 Å². The normalized spacial score (nSPS) is 19.8. The molecule has 5 rings (SSSR count). The molecule has 0 radical (unpaired) electrons. The molecule has 9 nitrogen and oxygen atoms in total. The molecule has 14 heteroatoms. The lowest BCUT2D eigenvalue weighted by atomic mass is 9.93. The van der Waals surface area contributed by atoms with Crippen LogP contribution in [0.4, 0.5) is 24.5 Å². The fourth-order valence-corrected chi connectivity index (χ4v) is 7.37. The van der Waals surface area contributed by atoms with Crippen molar-refractivity contribution in [2.45, 2.75) is 52.7 Å². The number of piperazine rings is 1. The monoisotopic (exact) mass is 699 g/mol. The molecular formula is C34H34Cl2F3N7O2. The van der Waals surface area contributed by atoms with E-state index in [2.05, 4.69) is 17.6 Å². The molecule has 1 amide bonds. The number of pyridine rings is 2. The minimum atomic E-state index is -1.87. The molecule has 2 N–H and O–H groups in total. The van der Waals surface area contributed by atoms with Crippen molar-refractivity contribution in [3.05, 3.63) is 80.0 Å². The van der Waals surface area contributed by atoms with E-state index in [-0.39, 0.29) is 76.0 Å². The highest BCUT2D eigenvalue weighted by Gasteiger charge is 2.37. The van der Waals surface area contributed by atoms with Crippen molar-refractivity contribution in [3.63, 3.8) is 0 Å². The summed E-state index contributed by atoms with van der Waals surface area (Å²) in [5.41, 5.74) is 4.82. The molecule has 0 spiro atoms. The molecular weight excluding hydrogens is 666 g/mol. The zero-order valence-electron chi connectivity index (χ0n) is 27.2. The van der Waals surface area contributed by atoms with Crippen LogP contribution in [0.15, 0.2) is 41.4 Å². The van der Waals surface area contributed by atoms with Gasteiger partial charge in [0, 0.05) is 37.6 Å². The number of fused-ring (bicyclic) bond motifs is 1. The average molecular weight is 701 g/mol. The minimum Gasteiger partial charge on any atom is -0.397 e. The van der Waals surface area contributed by atoms with Crippen molar-refractivity contribution in [2.75, 3.05) is 30.8 Å². The molecule has 4 heterocycles. The van der Waals surface area contributed by atoms with Crippen molar-refractivity contribution < 1.29 is 18.0 Å². The standard InChI is InChI=1S/C34H34Cl2F3N7O2/c1-8-22(47)45-17(5)13-44(14-18(45)6)32-19-11-21(35)29(23-25(37)27(39)26(38)24(36)28(23)41)42-33(19)46(34(48)20(32)12-40)31-16(4)9-10-43(7)30(31)15(2)3/h8-11,15,17-18,30H,1,13-14,41H2,2-7H3/t17-,18+,30-/m1/s1. The lowest BCUT2D eigenvalue weighted by molar-refractivity contribution is -0.130. The molecule has 2 aliphatic heterocycles. The van der Waals surface area contributed by atoms with Crippen LogP contribution in [0.25, 0.3) is 28.0 Å². The molecule has 2 aromatic heterocycles. The van der Waals surface area contributed by atoms with E-state index in [9.17, 15) is 23.6 Å². The summed E-state index contributed by atoms with van der Waals surface area (Å²) >= 11 is 12.7. The number of hydrogen-bond acceptors (Lipinski definition) is 7. The fourth-order valence-electron chi connectivity index (χ4n) is 6.95. The lowest BCUT2D eigenvalue weighted by Gasteiger charge is -2.45. The molecule has 0 saturated carbocycles. The number of halogens is 5. The number of anilines is 2. The zero-order chi connectivity index (χ0) is 35.5. The number of allylic oxidation sites excluding steroid dienone is 2. The van der Waals surface area contributed by atoms with Gasteiger partial charge in [-0.05, 0) is 56.7 Å². The second-order valence-corrected chi connectivity index (χ2v) is 13.3. The van der Waals surface area contributed by atoms with Gasteiger partial charge in [0.15, 0.2) is 17.5 Å². The summed E-state index contributed by atoms with van der Waals surface area (Å²) in [6, 6.07) is 2.43. The van der Waals surface area contributed by atoms with Crippen LogP contribution < -0.4 is 16.2 Å². The SMILES string of the molecule is C=CC(=O)N1[C@H](C)CN(c2c(C#N)c(=O)n(C3=C(C)C=CN(C)[C@@H]3C(C)C)c3nc(-c4c(N)c(Cl)c(F)c(F)c4F)c(Cl)cc23)C[C@@H]1C. The minimum absolute atomic E-state index is 0.0262. The number of amides is 1. The predicted octanol–water partition coefficient (Wildman–Crippen LogP) is 6.57. The third-order valence-electron chi connectivity index (χ3n) is 8.95. The highest BCUT2D eigenvalue weighted by atomic mass is 35.5. The average Bonchev–Trinajstić information content (AvgIpc) is 3.03. The number of likely N-dealkylation sites (N-methyl/N-ethyl adjacent to an activating group) is 1. The number of hydrogen-bond donors (Lipinski definition) is 1. The summed E-state index contributed by atoms with van der Waals surface area (Å²) in [5.74, 6) is -5.50. The maximum absolute atomic E-state index is 15.5. The maximum Gasteiger partial charge on any atom is 0.276 e. The third-order valence-corrected chi connectivity index (χ3v) is 9.61. The predicted molar refractivity (Wildman–Crippen MR) is 183 cm³/mol. The van der Waals surface area contributed by atoms with E-state index in [0.717, 1.165) is 0 Å². The van der Waals surface area contributed by atoms with Crippen molar-refractivity contribution in [1.29, 1.82) is 5.26 Å². The summed E-state index contributed by atoms with van der Waals surface area (Å²) in [7, 11) is 1.85. The van der Waals surface area contributed by atoms with Crippen molar-refractivity contribution in [2.24, 2.45) is 5.92 Å². The number of nitrogens with two attached hydrogens (primary N) is 1. The van der Waals surface area contributed by atoms with Crippen LogP contribution in [-0.4, -0.2) is 63.5 Å². The van der Waals surface area contributed by atoms with E-state index >= 15 is 4.39 Å². The van der Waals surface area contributed by atoms with E-state index < -0.39 is 39.3 Å². The van der Waals surface area contributed by atoms with E-state index in [1.165, 1.54) is 16.7 Å². The van der Waals surface area contributed by atoms with Crippen LogP contribution in [0, 0.1) is 34.7 Å². The van der Waals surface area contributed by atoms with Gasteiger partial charge >= 0.3 is 0 Å². The number of aromatic nitrogens is 2. The highest BCUT2D eigenvalue weighted by Crippen LogP contribution is 2.43. The van der Waals surface area contributed by atoms with Gasteiger partial charge < -0.3 is 20.4 Å². The third kappa shape index (κ3) is 5.39. The molecule has 0 bridgehead atoms. The molecule has 3 aromatic rings. The summed E-state index contributed by atoms with van der Waals surface area (Å²) in [6.07, 6.45) is 4.92. The van der Waals surface area contributed by atoms with Crippen LogP contribution in [0.3, 0.4) is 0 Å². The van der Waals surface area contributed by atoms with Crippen molar-refractivity contribution in [3.8, 4) is 17.3 Å². The Hall–Kier alpha value is -4.47. The van der Waals surface area contributed by atoms with Crippen molar-refractivity contribution in [1.82, 2.24) is 19.4 Å². The number of nitriles is 1. The Balaban J connectivity index is 1.94. The van der Waals surface area contributed by atoms with Crippen molar-refractivity contribution >= 4 is 57.2 Å². The maximum atomic E-state index is 15.5. The number of carbonyl (C=O) groups excluding carboxylic acids is 1. The Morgan fingerprint density at radius 1 is 1.17 bits per heavy atom. The number of rotatable bonds is 5. The van der Waals surface area contributed by atoms with Gasteiger partial charge in [0.25, 0.3) is 5.56 Å². The Morgan fingerprint density at radius 3 is 2.35 bits per heavy atom. The quantitative estimate of drug-likeness (QED) is 0.139. The summed E-state index contributed by atoms with van der Waals surface area (Å²) < 4.78 is 45.8. The molecule has 3 atom stereocenters. The van der Waals surface area contributed by atoms with Gasteiger partial charge in [0.05, 0.1) is 39.4 Å². The summed E-state index contributed by atoms with van der Waals surface area (Å²) in [6.45, 7) is 13.5. The number of nitrogen functional groups attached to an aromatic ring is 1. The van der Waals surface area contributed by atoms with Crippen LogP contribution in [0.2, 0.25) is 10.0 Å². The first-order valence-corrected chi connectivity index (χ1v) is 15.9. The van der Waals surface area contributed by atoms with Gasteiger partial charge in [0.2, 0.25) is 5.91 Å². The van der Waals surface area contributed by atoms with Crippen LogP contribution >= 0.6 is 23.2 Å². The number of carbonyl (C=O) groups is 1. The number of benzene rings is 1. The Morgan fingerprint density at radius 2 is 1.79 bits per heavy atom. The van der Waals surface area contributed by atoms with Gasteiger partial charge in [0.1, 0.15) is 22.3 Å². The molecule has 1 aromatic carbocycles. The van der Waals surface area contributed by atoms with Gasteiger partial charge in [-0.15, -0.1) is 0 Å². The summed E-state index contributed by atoms with van der Waals surface area (Å²) in [5, 5.41) is 9.74. The molecule has 2 aliphatic rings. The van der Waals surface area contributed by atoms with E-state index in [0.29, 0.717) is 11.3 Å². The van der Waals surface area contributed by atoms with Crippen LogP contribution in [-0.2, 0) is 4.79 Å². The van der Waals surface area contributed by atoms with E-state index in [1.54, 1.807) is 4.90 Å². The lowest BCUT2D eigenvalue weighted by Crippen LogP contribution is -2.58. The fraction of sp³-hybridized carbons (Fsp3) is 0.353. The Bertz CT molecular complexity index is 2010. The zero-order valence-corrected chi connectivity index (χ0v) is 28.7. The molecule has 1 saturated heterocycles. The van der Waals surface area contributed by atoms with Gasteiger partial charge in [-0.1, -0.05) is 43.6 Å². The molecule has 0 unspecified atom stereocenters. The smallest absolute Gasteiger partial charge is 0.276 e. The van der Waals surface area contributed by atoms with Crippen LogP contribution in [0.1, 0.15) is 40.2 Å². The van der Waals surface area contributed by atoms with Gasteiger partial charge in [-0.2, -0.15) is 5.26 Å². The molecule has 48 heavy (non-hydrogen) atoms.